The van der Waals surface area contributed by atoms with Crippen molar-refractivity contribution in [2.24, 2.45) is 0 Å². The van der Waals surface area contributed by atoms with E-state index in [0.29, 0.717) is 4.47 Å². The van der Waals surface area contributed by atoms with Gasteiger partial charge in [0.25, 0.3) is 6.47 Å². The third-order valence-electron chi connectivity index (χ3n) is 3.72. The molecule has 0 saturated carbocycles. The van der Waals surface area contributed by atoms with E-state index >= 15 is 0 Å². The van der Waals surface area contributed by atoms with Crippen LogP contribution in [0, 0.1) is 5.82 Å². The summed E-state index contributed by atoms with van der Waals surface area (Å²) in [6, 6.07) is 25.4. The molecule has 198 valence electrons. The summed E-state index contributed by atoms with van der Waals surface area (Å²) in [6.07, 6.45) is 0. The number of carbonyl (C=O) groups is 1. The first kappa shape index (κ1) is 43.1. The van der Waals surface area contributed by atoms with Gasteiger partial charge in [-0.05, 0) is 124 Å². The number of hydrogen-bond acceptors (Lipinski definition) is 5. The van der Waals surface area contributed by atoms with E-state index in [2.05, 4.69) is 100 Å². The van der Waals surface area contributed by atoms with Crippen molar-refractivity contribution < 1.29 is 133 Å². The number of aromatic hydroxyl groups is 1. The van der Waals surface area contributed by atoms with E-state index in [4.69, 9.17) is 19.9 Å². The predicted octanol–water partition coefficient (Wildman–Crippen LogP) is 3.83. The van der Waals surface area contributed by atoms with Crippen LogP contribution >= 0.6 is 95.6 Å². The monoisotopic (exact) mass is 968 g/mol. The van der Waals surface area contributed by atoms with Gasteiger partial charge < -0.3 is 21.4 Å². The minimum atomic E-state index is -0.246. The zero-order valence-electron chi connectivity index (χ0n) is 21.4. The first-order valence-corrected chi connectivity index (χ1v) is 14.5. The maximum Gasteiger partial charge on any atom is 1.00 e. The van der Waals surface area contributed by atoms with E-state index in [9.17, 15) is 4.39 Å². The number of para-hydroxylation sites is 2. The van der Waals surface area contributed by atoms with Crippen LogP contribution in [-0.2, 0) is 9.68 Å². The number of halogens is 7. The molecular formula is C25H17Br6FK2O5. The number of carbonyl (C=O) groups excluding carboxylic acids is 1. The van der Waals surface area contributed by atoms with Gasteiger partial charge in [0.1, 0.15) is 23.1 Å². The summed E-state index contributed by atoms with van der Waals surface area (Å²) in [5, 5.41) is 17.3. The van der Waals surface area contributed by atoms with Crippen molar-refractivity contribution in [3.63, 3.8) is 0 Å². The van der Waals surface area contributed by atoms with Crippen molar-refractivity contribution in [2.75, 3.05) is 0 Å². The second kappa shape index (κ2) is 25.3. The molecule has 0 bridgehead atoms. The summed E-state index contributed by atoms with van der Waals surface area (Å²) >= 11 is 19.6. The average Bonchev–Trinajstić information content (AvgIpc) is 2.88. The molecular weight excluding hydrogens is 957 g/mol. The zero-order valence-corrected chi connectivity index (χ0v) is 36.1. The summed E-state index contributed by atoms with van der Waals surface area (Å²) in [4.78, 5) is 11.2. The molecule has 0 aliphatic heterocycles. The number of benzene rings is 4. The molecule has 0 aliphatic carbocycles. The molecule has 5 nitrogen and oxygen atoms in total. The molecule has 0 amide bonds. The van der Waals surface area contributed by atoms with Gasteiger partial charge >= 0.3 is 103 Å². The maximum absolute atomic E-state index is 12.5. The number of rotatable bonds is 3. The third-order valence-corrected chi connectivity index (χ3v) is 7.33. The third kappa shape index (κ3) is 19.1. The first-order valence-electron chi connectivity index (χ1n) is 9.72. The molecule has 4 rings (SSSR count). The Hall–Kier alpha value is 1.99. The summed E-state index contributed by atoms with van der Waals surface area (Å²) in [6.45, 7) is -0.181. The molecule has 0 aromatic heterocycles. The molecule has 1 N–H and O–H groups in total. The zero-order chi connectivity index (χ0) is 27.8. The van der Waals surface area contributed by atoms with E-state index < -0.39 is 0 Å². The van der Waals surface area contributed by atoms with Gasteiger partial charge in [-0.3, -0.25) is 4.79 Å². The molecule has 0 aliphatic rings. The molecule has 0 saturated heterocycles. The molecule has 0 atom stereocenters. The fourth-order valence-electron chi connectivity index (χ4n) is 2.12. The number of phenols is 1. The van der Waals surface area contributed by atoms with Crippen LogP contribution in [0.3, 0.4) is 0 Å². The molecule has 0 unspecified atom stereocenters. The first-order chi connectivity index (χ1) is 17.6. The molecule has 4 aromatic carbocycles. The fraction of sp³-hybridized carbons (Fsp3) is 0. The second-order valence-electron chi connectivity index (χ2n) is 6.31. The fourth-order valence-corrected chi connectivity index (χ4v) is 4.02. The van der Waals surface area contributed by atoms with Crippen LogP contribution < -0.4 is 113 Å². The summed E-state index contributed by atoms with van der Waals surface area (Å²) in [5.41, 5.74) is 0. The van der Waals surface area contributed by atoms with Crippen LogP contribution in [0.4, 0.5) is 4.39 Å². The van der Waals surface area contributed by atoms with Crippen LogP contribution in [0.1, 0.15) is 1.43 Å². The van der Waals surface area contributed by atoms with Gasteiger partial charge in [-0.15, -0.1) is 0 Å². The Morgan fingerprint density at radius 2 is 1.15 bits per heavy atom. The molecule has 39 heavy (non-hydrogen) atoms. The number of ether oxygens (including phenoxy) is 1. The Morgan fingerprint density at radius 3 is 1.59 bits per heavy atom. The normalized spacial score (nSPS) is 8.82. The molecule has 4 aromatic rings. The number of phenolic OH excluding ortho intramolecular Hbond substituents is 1. The predicted molar refractivity (Wildman–Crippen MR) is 162 cm³/mol. The Labute approximate surface area is 363 Å². The van der Waals surface area contributed by atoms with Crippen molar-refractivity contribution in [3.05, 3.63) is 118 Å². The average molecular weight is 974 g/mol. The van der Waals surface area contributed by atoms with Gasteiger partial charge in [-0.1, -0.05) is 56.1 Å². The van der Waals surface area contributed by atoms with Crippen molar-refractivity contribution in [2.45, 2.75) is 0 Å². The van der Waals surface area contributed by atoms with E-state index in [1.165, 1.54) is 6.07 Å². The van der Waals surface area contributed by atoms with Crippen LogP contribution in [0.5, 0.6) is 17.2 Å². The smallest absolute Gasteiger partial charge is 1.00 e. The molecule has 0 heterocycles. The van der Waals surface area contributed by atoms with Gasteiger partial charge in [-0.2, -0.15) is 0 Å². The Bertz CT molecular complexity index is 1270. The van der Waals surface area contributed by atoms with Crippen LogP contribution in [0.2, 0.25) is 0 Å². The second-order valence-corrected chi connectivity index (χ2v) is 11.6. The summed E-state index contributed by atoms with van der Waals surface area (Å²) < 4.78 is 23.1. The standard InChI is InChI=1S/C12H7Br3O.C6H3Br2F.C6H5BrO.CH2O3.2K.H/c13-8-5-6-10(15)12(7-8)16-11-4-2-1-3-9(11)14;7-4-1-2-5(8)6(9)3-4;7-5-3-1-2-4-6(5)8;2-1-4-3;;;/h1-7H;1-3H;1-4,8H;1,3H;;;/q;;;;2*+1;-1/p-1. The van der Waals surface area contributed by atoms with Crippen LogP contribution in [0.25, 0.3) is 0 Å². The van der Waals surface area contributed by atoms with Gasteiger partial charge in [0.05, 0.1) is 17.9 Å². The minimum Gasteiger partial charge on any atom is -1.00 e. The van der Waals surface area contributed by atoms with Gasteiger partial charge in [-0.25, -0.2) is 4.39 Å². The van der Waals surface area contributed by atoms with E-state index in [1.54, 1.807) is 30.3 Å². The van der Waals surface area contributed by atoms with Crippen molar-refractivity contribution >= 4 is 102 Å². The van der Waals surface area contributed by atoms with E-state index in [1.807, 2.05) is 48.5 Å². The van der Waals surface area contributed by atoms with Gasteiger partial charge in [0, 0.05) is 8.95 Å². The topological polar surface area (TPSA) is 78.8 Å². The molecule has 0 fully saturated rings. The van der Waals surface area contributed by atoms with Gasteiger partial charge in [0.15, 0.2) is 0 Å². The number of hydrogen-bond donors (Lipinski definition) is 1. The molecule has 14 heteroatoms. The van der Waals surface area contributed by atoms with Crippen molar-refractivity contribution in [3.8, 4) is 17.2 Å². The van der Waals surface area contributed by atoms with Crippen LogP contribution in [-0.4, -0.2) is 11.6 Å². The summed E-state index contributed by atoms with van der Waals surface area (Å²) in [7, 11) is 0. The SMILES string of the molecule is Brc1ccc(Br)c(Oc2ccccc2Br)c1.Fc1cc(Br)ccc1Br.O=CO[O-].Oc1ccccc1Br.[H-].[K+].[K+]. The van der Waals surface area contributed by atoms with Crippen molar-refractivity contribution in [1.82, 2.24) is 0 Å². The Balaban J connectivity index is -0.000000493. The quantitative estimate of drug-likeness (QED) is 0.111. The maximum atomic E-state index is 12.5. The summed E-state index contributed by atoms with van der Waals surface area (Å²) in [5.74, 6) is 1.61. The Morgan fingerprint density at radius 1 is 0.692 bits per heavy atom. The van der Waals surface area contributed by atoms with Crippen LogP contribution in [0.15, 0.2) is 112 Å². The molecule has 0 radical (unpaired) electrons. The minimum absolute atomic E-state index is 0. The van der Waals surface area contributed by atoms with Gasteiger partial charge in [0.2, 0.25) is 0 Å². The van der Waals surface area contributed by atoms with E-state index in [0.717, 1.165) is 33.9 Å². The largest absolute Gasteiger partial charge is 1.00 e. The van der Waals surface area contributed by atoms with E-state index in [-0.39, 0.29) is 122 Å². The Kier molecular flexibility index (Phi) is 28.0. The molecule has 0 spiro atoms. The van der Waals surface area contributed by atoms with Crippen molar-refractivity contribution in [1.29, 1.82) is 0 Å².